The first-order valence-corrected chi connectivity index (χ1v) is 6.44. The van der Waals surface area contributed by atoms with E-state index in [1.165, 1.54) is 0 Å². The number of hydrogen-bond donors (Lipinski definition) is 1. The number of ether oxygens (including phenoxy) is 1. The molecule has 1 fully saturated rings. The number of fused-ring (bicyclic) bond motifs is 1. The van der Waals surface area contributed by atoms with E-state index in [9.17, 15) is 0 Å². The maximum atomic E-state index is 5.68. The van der Waals surface area contributed by atoms with E-state index in [4.69, 9.17) is 4.74 Å². The fourth-order valence-corrected chi connectivity index (χ4v) is 2.34. The Kier molecular flexibility index (Phi) is 3.09. The topological polar surface area (TPSA) is 51.5 Å². The molecule has 1 unspecified atom stereocenters. The molecule has 0 spiro atoms. The zero-order chi connectivity index (χ0) is 11.7. The van der Waals surface area contributed by atoms with Gasteiger partial charge in [-0.05, 0) is 28.1 Å². The standard InChI is InChI=1S/C11H13BrN4O/c12-8-1-2-10-14-15-11(16(10)7-8)5-9-6-13-3-4-17-9/h1-2,7,9,13H,3-6H2. The highest BCUT2D eigenvalue weighted by atomic mass is 79.9. The fraction of sp³-hybridized carbons (Fsp3) is 0.455. The number of pyridine rings is 1. The second-order valence-corrected chi connectivity index (χ2v) is 5.01. The lowest BCUT2D eigenvalue weighted by atomic mass is 10.2. The summed E-state index contributed by atoms with van der Waals surface area (Å²) in [6, 6.07) is 3.91. The molecule has 0 bridgehead atoms. The molecule has 2 aromatic rings. The van der Waals surface area contributed by atoms with Crippen LogP contribution in [0.4, 0.5) is 0 Å². The normalized spacial score (nSPS) is 20.9. The minimum absolute atomic E-state index is 0.190. The van der Waals surface area contributed by atoms with Gasteiger partial charge in [0.2, 0.25) is 0 Å². The number of aromatic nitrogens is 3. The summed E-state index contributed by atoms with van der Waals surface area (Å²) in [5.41, 5.74) is 0.868. The summed E-state index contributed by atoms with van der Waals surface area (Å²) < 4.78 is 8.70. The Morgan fingerprint density at radius 3 is 3.24 bits per heavy atom. The summed E-state index contributed by atoms with van der Waals surface area (Å²) in [5, 5.41) is 11.7. The summed E-state index contributed by atoms with van der Waals surface area (Å²) in [7, 11) is 0. The molecule has 0 radical (unpaired) electrons. The molecule has 6 heteroatoms. The molecule has 5 nitrogen and oxygen atoms in total. The molecule has 1 atom stereocenters. The van der Waals surface area contributed by atoms with Crippen molar-refractivity contribution < 1.29 is 4.74 Å². The summed E-state index contributed by atoms with van der Waals surface area (Å²) in [6.45, 7) is 2.58. The van der Waals surface area contributed by atoms with Crippen molar-refractivity contribution in [2.45, 2.75) is 12.5 Å². The highest BCUT2D eigenvalue weighted by Gasteiger charge is 2.17. The number of hydrogen-bond acceptors (Lipinski definition) is 4. The van der Waals surface area contributed by atoms with Crippen LogP contribution in [0.2, 0.25) is 0 Å². The number of nitrogens with zero attached hydrogens (tertiary/aromatic N) is 3. The van der Waals surface area contributed by atoms with E-state index < -0.39 is 0 Å². The van der Waals surface area contributed by atoms with Crippen molar-refractivity contribution in [3.8, 4) is 0 Å². The molecule has 0 saturated carbocycles. The third kappa shape index (κ3) is 2.34. The van der Waals surface area contributed by atoms with Crippen molar-refractivity contribution in [2.75, 3.05) is 19.7 Å². The van der Waals surface area contributed by atoms with Gasteiger partial charge < -0.3 is 10.1 Å². The molecule has 3 rings (SSSR count). The smallest absolute Gasteiger partial charge is 0.160 e. The zero-order valence-corrected chi connectivity index (χ0v) is 10.9. The van der Waals surface area contributed by atoms with Crippen LogP contribution in [0, 0.1) is 0 Å². The van der Waals surface area contributed by atoms with Gasteiger partial charge in [0.15, 0.2) is 5.65 Å². The maximum Gasteiger partial charge on any atom is 0.160 e. The lowest BCUT2D eigenvalue weighted by Gasteiger charge is -2.22. The Labute approximate surface area is 107 Å². The van der Waals surface area contributed by atoms with Gasteiger partial charge in [0.25, 0.3) is 0 Å². The van der Waals surface area contributed by atoms with Crippen LogP contribution in [-0.4, -0.2) is 40.4 Å². The summed E-state index contributed by atoms with van der Waals surface area (Å²) in [5.74, 6) is 0.940. The van der Waals surface area contributed by atoms with Gasteiger partial charge in [-0.15, -0.1) is 10.2 Å². The van der Waals surface area contributed by atoms with E-state index in [0.717, 1.165) is 42.1 Å². The van der Waals surface area contributed by atoms with Crippen LogP contribution in [-0.2, 0) is 11.2 Å². The van der Waals surface area contributed by atoms with Gasteiger partial charge >= 0.3 is 0 Å². The van der Waals surface area contributed by atoms with Crippen molar-refractivity contribution in [1.29, 1.82) is 0 Å². The first kappa shape index (κ1) is 11.1. The highest BCUT2D eigenvalue weighted by molar-refractivity contribution is 9.10. The Balaban J connectivity index is 1.86. The summed E-state index contributed by atoms with van der Waals surface area (Å²) in [4.78, 5) is 0. The molecular weight excluding hydrogens is 284 g/mol. The van der Waals surface area contributed by atoms with Gasteiger partial charge in [-0.3, -0.25) is 4.40 Å². The minimum atomic E-state index is 0.190. The van der Waals surface area contributed by atoms with Crippen molar-refractivity contribution >= 4 is 21.6 Å². The van der Waals surface area contributed by atoms with Gasteiger partial charge in [-0.25, -0.2) is 0 Å². The molecule has 2 aromatic heterocycles. The van der Waals surface area contributed by atoms with E-state index in [1.807, 2.05) is 22.7 Å². The first-order valence-electron chi connectivity index (χ1n) is 5.64. The van der Waals surface area contributed by atoms with E-state index in [-0.39, 0.29) is 6.10 Å². The van der Waals surface area contributed by atoms with Gasteiger partial charge in [-0.1, -0.05) is 0 Å². The molecule has 1 saturated heterocycles. The van der Waals surface area contributed by atoms with Gasteiger partial charge in [0.1, 0.15) is 5.82 Å². The Hall–Kier alpha value is -0.980. The molecular formula is C11H13BrN4O. The van der Waals surface area contributed by atoms with E-state index in [1.54, 1.807) is 0 Å². The second kappa shape index (κ2) is 4.72. The van der Waals surface area contributed by atoms with Crippen LogP contribution in [0.25, 0.3) is 5.65 Å². The third-order valence-corrected chi connectivity index (χ3v) is 3.32. The predicted octanol–water partition coefficient (Wildman–Crippen LogP) is 1.02. The SMILES string of the molecule is Brc1ccc2nnc(CC3CNCCO3)n2c1. The van der Waals surface area contributed by atoms with E-state index in [2.05, 4.69) is 31.4 Å². The molecule has 17 heavy (non-hydrogen) atoms. The molecule has 3 heterocycles. The fourth-order valence-electron chi connectivity index (χ4n) is 2.01. The molecule has 1 aliphatic heterocycles. The molecule has 0 aromatic carbocycles. The largest absolute Gasteiger partial charge is 0.375 e. The summed E-state index contributed by atoms with van der Waals surface area (Å²) >= 11 is 3.46. The molecule has 0 aliphatic carbocycles. The zero-order valence-electron chi connectivity index (χ0n) is 9.27. The van der Waals surface area contributed by atoms with Gasteiger partial charge in [0, 0.05) is 30.2 Å². The average molecular weight is 297 g/mol. The van der Waals surface area contributed by atoms with Crippen LogP contribution < -0.4 is 5.32 Å². The quantitative estimate of drug-likeness (QED) is 0.899. The minimum Gasteiger partial charge on any atom is -0.375 e. The van der Waals surface area contributed by atoms with Crippen molar-refractivity contribution in [3.05, 3.63) is 28.6 Å². The molecule has 1 aliphatic rings. The summed E-state index contributed by atoms with van der Waals surface area (Å²) in [6.07, 6.45) is 2.96. The average Bonchev–Trinajstić information content (AvgIpc) is 2.73. The van der Waals surface area contributed by atoms with Crippen LogP contribution in [0.5, 0.6) is 0 Å². The monoisotopic (exact) mass is 296 g/mol. The number of nitrogens with one attached hydrogen (secondary N) is 1. The number of morpholine rings is 1. The lowest BCUT2D eigenvalue weighted by Crippen LogP contribution is -2.39. The Morgan fingerprint density at radius 1 is 1.47 bits per heavy atom. The molecule has 90 valence electrons. The van der Waals surface area contributed by atoms with Crippen LogP contribution >= 0.6 is 15.9 Å². The molecule has 0 amide bonds. The Morgan fingerprint density at radius 2 is 2.41 bits per heavy atom. The number of rotatable bonds is 2. The highest BCUT2D eigenvalue weighted by Crippen LogP contribution is 2.14. The first-order chi connectivity index (χ1) is 8.33. The predicted molar refractivity (Wildman–Crippen MR) is 67.0 cm³/mol. The van der Waals surface area contributed by atoms with Crippen molar-refractivity contribution in [3.63, 3.8) is 0 Å². The van der Waals surface area contributed by atoms with Crippen LogP contribution in [0.3, 0.4) is 0 Å². The number of halogens is 1. The second-order valence-electron chi connectivity index (χ2n) is 4.09. The molecule has 1 N–H and O–H groups in total. The van der Waals surface area contributed by atoms with Gasteiger partial charge in [-0.2, -0.15) is 0 Å². The van der Waals surface area contributed by atoms with E-state index >= 15 is 0 Å². The van der Waals surface area contributed by atoms with Crippen LogP contribution in [0.15, 0.2) is 22.8 Å². The van der Waals surface area contributed by atoms with Gasteiger partial charge in [0.05, 0.1) is 12.7 Å². The third-order valence-electron chi connectivity index (χ3n) is 2.85. The lowest BCUT2D eigenvalue weighted by molar-refractivity contribution is 0.0279. The van der Waals surface area contributed by atoms with E-state index in [0.29, 0.717) is 0 Å². The van der Waals surface area contributed by atoms with Crippen molar-refractivity contribution in [1.82, 2.24) is 19.9 Å². The Bertz CT molecular complexity index is 521. The van der Waals surface area contributed by atoms with Crippen LogP contribution in [0.1, 0.15) is 5.82 Å². The maximum absolute atomic E-state index is 5.68. The van der Waals surface area contributed by atoms with Crippen molar-refractivity contribution in [2.24, 2.45) is 0 Å².